The van der Waals surface area contributed by atoms with E-state index in [0.717, 1.165) is 25.7 Å². The van der Waals surface area contributed by atoms with Gasteiger partial charge in [0.15, 0.2) is 0 Å². The zero-order chi connectivity index (χ0) is 14.1. The third kappa shape index (κ3) is 2.95. The zero-order valence-electron chi connectivity index (χ0n) is 11.1. The van der Waals surface area contributed by atoms with Gasteiger partial charge in [0.1, 0.15) is 11.8 Å². The van der Waals surface area contributed by atoms with E-state index < -0.39 is 12.0 Å². The molecule has 108 valence electrons. The van der Waals surface area contributed by atoms with Gasteiger partial charge in [0.05, 0.1) is 12.8 Å². The average Bonchev–Trinajstić information content (AvgIpc) is 3.33. The number of rotatable bonds is 6. The first-order valence-corrected chi connectivity index (χ1v) is 6.97. The normalized spacial score (nSPS) is 19.4. The van der Waals surface area contributed by atoms with E-state index >= 15 is 0 Å². The Hall–Kier alpha value is -1.98. The molecule has 0 radical (unpaired) electrons. The third-order valence-electron chi connectivity index (χ3n) is 3.79. The Morgan fingerprint density at radius 2 is 2.15 bits per heavy atom. The van der Waals surface area contributed by atoms with E-state index in [-0.39, 0.29) is 18.0 Å². The number of hydrogen-bond donors (Lipinski definition) is 2. The number of furan rings is 1. The summed E-state index contributed by atoms with van der Waals surface area (Å²) in [6.45, 7) is 0.389. The van der Waals surface area contributed by atoms with Crippen LogP contribution in [0.2, 0.25) is 0 Å². The van der Waals surface area contributed by atoms with Crippen molar-refractivity contribution in [1.82, 2.24) is 10.2 Å². The Morgan fingerprint density at radius 1 is 1.40 bits per heavy atom. The summed E-state index contributed by atoms with van der Waals surface area (Å²) in [4.78, 5) is 25.2. The van der Waals surface area contributed by atoms with Crippen molar-refractivity contribution in [3.05, 3.63) is 24.2 Å². The Balaban J connectivity index is 1.64. The number of nitrogens with one attached hydrogen (secondary N) is 1. The van der Waals surface area contributed by atoms with Crippen molar-refractivity contribution < 1.29 is 19.1 Å². The van der Waals surface area contributed by atoms with E-state index in [9.17, 15) is 14.7 Å². The van der Waals surface area contributed by atoms with Gasteiger partial charge < -0.3 is 19.7 Å². The molecule has 2 amide bonds. The molecule has 0 bridgehead atoms. The molecular weight excluding hydrogens is 260 g/mol. The highest BCUT2D eigenvalue weighted by atomic mass is 16.4. The molecule has 2 aliphatic rings. The first kappa shape index (κ1) is 13.0. The highest BCUT2D eigenvalue weighted by Gasteiger charge is 2.40. The van der Waals surface area contributed by atoms with Gasteiger partial charge in [0, 0.05) is 6.04 Å². The van der Waals surface area contributed by atoms with Gasteiger partial charge in [0.25, 0.3) is 0 Å². The molecule has 2 N–H and O–H groups in total. The maximum atomic E-state index is 12.3. The number of nitrogens with zero attached hydrogens (tertiary/aromatic N) is 1. The fourth-order valence-electron chi connectivity index (χ4n) is 2.35. The minimum atomic E-state index is -0.949. The Bertz CT molecular complexity index is 491. The standard InChI is InChI=1S/C14H18N2O4/c17-13(18)12(9-3-4-9)15-14(19)16(10-5-6-10)8-11-2-1-7-20-11/h1-2,7,9-10,12H,3-6,8H2,(H,15,19)(H,17,18). The molecule has 1 aromatic heterocycles. The van der Waals surface area contributed by atoms with E-state index in [4.69, 9.17) is 4.42 Å². The average molecular weight is 278 g/mol. The molecule has 2 fully saturated rings. The number of amides is 2. The summed E-state index contributed by atoms with van der Waals surface area (Å²) in [6.07, 6.45) is 5.25. The second-order valence-corrected chi connectivity index (χ2v) is 5.54. The van der Waals surface area contributed by atoms with Crippen LogP contribution < -0.4 is 5.32 Å². The van der Waals surface area contributed by atoms with Crippen LogP contribution in [-0.4, -0.2) is 34.1 Å². The molecular formula is C14H18N2O4. The molecule has 0 aliphatic heterocycles. The predicted molar refractivity (Wildman–Crippen MR) is 70.0 cm³/mol. The minimum Gasteiger partial charge on any atom is -0.480 e. The summed E-state index contributed by atoms with van der Waals surface area (Å²) >= 11 is 0. The first-order chi connectivity index (χ1) is 9.65. The van der Waals surface area contributed by atoms with Gasteiger partial charge in [0.2, 0.25) is 0 Å². The zero-order valence-corrected chi connectivity index (χ0v) is 11.1. The van der Waals surface area contributed by atoms with E-state index in [2.05, 4.69) is 5.32 Å². The van der Waals surface area contributed by atoms with Crippen molar-refractivity contribution in [2.75, 3.05) is 0 Å². The van der Waals surface area contributed by atoms with Crippen LogP contribution in [0.5, 0.6) is 0 Å². The van der Waals surface area contributed by atoms with Crippen LogP contribution in [0.4, 0.5) is 4.79 Å². The Morgan fingerprint density at radius 3 is 2.65 bits per heavy atom. The third-order valence-corrected chi connectivity index (χ3v) is 3.79. The smallest absolute Gasteiger partial charge is 0.326 e. The van der Waals surface area contributed by atoms with Gasteiger partial charge in [-0.2, -0.15) is 0 Å². The largest absolute Gasteiger partial charge is 0.480 e. The van der Waals surface area contributed by atoms with E-state index in [1.807, 2.05) is 6.07 Å². The second-order valence-electron chi connectivity index (χ2n) is 5.54. The molecule has 20 heavy (non-hydrogen) atoms. The van der Waals surface area contributed by atoms with E-state index in [1.165, 1.54) is 0 Å². The number of carboxylic acid groups (broad SMARTS) is 1. The highest BCUT2D eigenvalue weighted by Crippen LogP contribution is 2.33. The van der Waals surface area contributed by atoms with Crippen molar-refractivity contribution in [3.8, 4) is 0 Å². The fourth-order valence-corrected chi connectivity index (χ4v) is 2.35. The fraction of sp³-hybridized carbons (Fsp3) is 0.571. The monoisotopic (exact) mass is 278 g/mol. The van der Waals surface area contributed by atoms with Crippen LogP contribution in [0.15, 0.2) is 22.8 Å². The second kappa shape index (κ2) is 5.19. The Kier molecular flexibility index (Phi) is 3.38. The molecule has 1 atom stereocenters. The van der Waals surface area contributed by atoms with Crippen molar-refractivity contribution in [3.63, 3.8) is 0 Å². The first-order valence-electron chi connectivity index (χ1n) is 6.97. The van der Waals surface area contributed by atoms with Crippen LogP contribution in [0.1, 0.15) is 31.4 Å². The van der Waals surface area contributed by atoms with Crippen LogP contribution >= 0.6 is 0 Å². The number of aliphatic carboxylic acids is 1. The van der Waals surface area contributed by atoms with Crippen LogP contribution in [0.3, 0.4) is 0 Å². The summed E-state index contributed by atoms with van der Waals surface area (Å²) in [6, 6.07) is 2.73. The SMILES string of the molecule is O=C(O)C(NC(=O)N(Cc1ccco1)C1CC1)C1CC1. The quantitative estimate of drug-likeness (QED) is 0.831. The van der Waals surface area contributed by atoms with Crippen molar-refractivity contribution in [1.29, 1.82) is 0 Å². The number of carboxylic acids is 1. The van der Waals surface area contributed by atoms with Gasteiger partial charge >= 0.3 is 12.0 Å². The van der Waals surface area contributed by atoms with Crippen molar-refractivity contribution in [2.45, 2.75) is 44.3 Å². The molecule has 3 rings (SSSR count). The van der Waals surface area contributed by atoms with E-state index in [1.54, 1.807) is 17.2 Å². The van der Waals surface area contributed by atoms with Gasteiger partial charge in [-0.25, -0.2) is 9.59 Å². The van der Waals surface area contributed by atoms with Gasteiger partial charge in [-0.3, -0.25) is 0 Å². The maximum absolute atomic E-state index is 12.3. The van der Waals surface area contributed by atoms with Crippen LogP contribution in [0, 0.1) is 5.92 Å². The molecule has 6 heteroatoms. The molecule has 0 spiro atoms. The molecule has 2 aliphatic carbocycles. The van der Waals surface area contributed by atoms with Crippen molar-refractivity contribution >= 4 is 12.0 Å². The summed E-state index contributed by atoms with van der Waals surface area (Å²) in [5.41, 5.74) is 0. The van der Waals surface area contributed by atoms with Gasteiger partial charge in [-0.05, 0) is 43.7 Å². The number of carbonyl (C=O) groups is 2. The van der Waals surface area contributed by atoms with Crippen LogP contribution in [-0.2, 0) is 11.3 Å². The Labute approximate surface area is 116 Å². The molecule has 1 unspecified atom stereocenters. The summed E-state index contributed by atoms with van der Waals surface area (Å²) in [5, 5.41) is 11.8. The number of urea groups is 1. The van der Waals surface area contributed by atoms with Gasteiger partial charge in [-0.15, -0.1) is 0 Å². The molecule has 0 saturated heterocycles. The van der Waals surface area contributed by atoms with E-state index in [0.29, 0.717) is 12.3 Å². The topological polar surface area (TPSA) is 82.8 Å². The highest BCUT2D eigenvalue weighted by molar-refractivity contribution is 5.83. The number of hydrogen-bond acceptors (Lipinski definition) is 3. The van der Waals surface area contributed by atoms with Crippen molar-refractivity contribution in [2.24, 2.45) is 5.92 Å². The minimum absolute atomic E-state index is 0.0844. The van der Waals surface area contributed by atoms with Gasteiger partial charge in [-0.1, -0.05) is 0 Å². The summed E-state index contributed by atoms with van der Waals surface area (Å²) < 4.78 is 5.27. The molecule has 1 heterocycles. The number of carbonyl (C=O) groups excluding carboxylic acids is 1. The molecule has 2 saturated carbocycles. The lowest BCUT2D eigenvalue weighted by Gasteiger charge is -2.24. The summed E-state index contributed by atoms with van der Waals surface area (Å²) in [7, 11) is 0. The lowest BCUT2D eigenvalue weighted by molar-refractivity contribution is -0.139. The molecule has 0 aromatic carbocycles. The summed E-state index contributed by atoms with van der Waals surface area (Å²) in [5.74, 6) is -0.152. The predicted octanol–water partition coefficient (Wildman–Crippen LogP) is 1.82. The molecule has 6 nitrogen and oxygen atoms in total. The lowest BCUT2D eigenvalue weighted by atomic mass is 10.2. The lowest BCUT2D eigenvalue weighted by Crippen LogP contribution is -2.49. The van der Waals surface area contributed by atoms with Crippen LogP contribution in [0.25, 0.3) is 0 Å². The maximum Gasteiger partial charge on any atom is 0.326 e. The molecule has 1 aromatic rings.